The van der Waals surface area contributed by atoms with E-state index in [1.807, 2.05) is 17.3 Å². The van der Waals surface area contributed by atoms with Crippen molar-refractivity contribution in [1.29, 1.82) is 0 Å². The smallest absolute Gasteiger partial charge is 0.222 e. The van der Waals surface area contributed by atoms with Crippen LogP contribution in [0, 0.1) is 11.8 Å². The first-order valence-corrected chi connectivity index (χ1v) is 11.0. The van der Waals surface area contributed by atoms with Crippen LogP contribution in [0.25, 0.3) is 0 Å². The van der Waals surface area contributed by atoms with Crippen molar-refractivity contribution in [3.8, 4) is 0 Å². The molecular formula is C23H25N7O. The minimum absolute atomic E-state index is 0.219. The molecule has 0 radical (unpaired) electrons. The third-order valence-corrected chi connectivity index (χ3v) is 7.04. The highest BCUT2D eigenvalue weighted by Gasteiger charge is 2.58. The highest BCUT2D eigenvalue weighted by molar-refractivity contribution is 5.77. The van der Waals surface area contributed by atoms with Gasteiger partial charge in [0.2, 0.25) is 11.9 Å². The van der Waals surface area contributed by atoms with Crippen molar-refractivity contribution in [2.45, 2.75) is 37.6 Å². The van der Waals surface area contributed by atoms with Crippen molar-refractivity contribution >= 4 is 11.9 Å². The molecule has 1 aliphatic heterocycles. The predicted molar refractivity (Wildman–Crippen MR) is 114 cm³/mol. The molecule has 2 fully saturated rings. The Morgan fingerprint density at radius 2 is 1.77 bits per heavy atom. The molecule has 1 unspecified atom stereocenters. The first kappa shape index (κ1) is 18.5. The van der Waals surface area contributed by atoms with Crippen molar-refractivity contribution < 1.29 is 4.79 Å². The number of aromatic amines is 1. The van der Waals surface area contributed by atoms with Gasteiger partial charge in [-0.2, -0.15) is 15.4 Å². The van der Waals surface area contributed by atoms with E-state index in [0.29, 0.717) is 42.6 Å². The highest BCUT2D eigenvalue weighted by atomic mass is 16.2. The molecule has 2 aromatic heterocycles. The molecule has 158 valence electrons. The lowest BCUT2D eigenvalue weighted by atomic mass is 10.1. The second-order valence-corrected chi connectivity index (χ2v) is 8.98. The summed E-state index contributed by atoms with van der Waals surface area (Å²) in [5.41, 5.74) is 4.84. The zero-order valence-corrected chi connectivity index (χ0v) is 17.2. The average Bonchev–Trinajstić information content (AvgIpc) is 3.29. The predicted octanol–water partition coefficient (Wildman–Crippen LogP) is 1.98. The van der Waals surface area contributed by atoms with E-state index in [1.165, 1.54) is 11.1 Å². The first-order valence-electron chi connectivity index (χ1n) is 11.0. The Balaban J connectivity index is 0.971. The van der Waals surface area contributed by atoms with E-state index in [0.717, 1.165) is 37.2 Å². The van der Waals surface area contributed by atoms with Crippen LogP contribution in [0.3, 0.4) is 0 Å². The molecule has 3 aliphatic rings. The topological polar surface area (TPSA) is 99.7 Å². The number of piperidine rings is 1. The SMILES string of the molecule is O=C(CCc1cnc(NC2Cc3ccccc3C2)nc1)N1C[C@@H]2C(c3cn[nH]n3)[C@@H]2C1. The molecule has 31 heavy (non-hydrogen) atoms. The molecular weight excluding hydrogens is 390 g/mol. The molecule has 3 aromatic rings. The zero-order chi connectivity index (χ0) is 20.8. The summed E-state index contributed by atoms with van der Waals surface area (Å²) in [6, 6.07) is 8.90. The summed E-state index contributed by atoms with van der Waals surface area (Å²) in [6.07, 6.45) is 8.67. The summed E-state index contributed by atoms with van der Waals surface area (Å²) in [4.78, 5) is 23.6. The van der Waals surface area contributed by atoms with Gasteiger partial charge in [0.05, 0.1) is 11.9 Å². The second-order valence-electron chi connectivity index (χ2n) is 8.98. The molecule has 3 heterocycles. The van der Waals surface area contributed by atoms with Crippen molar-refractivity contribution in [1.82, 2.24) is 30.3 Å². The van der Waals surface area contributed by atoms with Gasteiger partial charge < -0.3 is 10.2 Å². The number of anilines is 1. The standard InChI is InChI=1S/C23H25N7O/c31-21(30-12-18-19(13-30)22(18)20-11-26-29-28-20)6-5-14-9-24-23(25-10-14)27-17-7-15-3-1-2-4-16(15)8-17/h1-4,9-11,17-19,22H,5-8,12-13H2,(H,24,25,27)(H,26,28,29)/t18-,19+,22?. The summed E-state index contributed by atoms with van der Waals surface area (Å²) >= 11 is 0. The van der Waals surface area contributed by atoms with Crippen LogP contribution in [-0.2, 0) is 24.1 Å². The molecule has 8 nitrogen and oxygen atoms in total. The van der Waals surface area contributed by atoms with E-state index in [1.54, 1.807) is 6.20 Å². The number of nitrogens with one attached hydrogen (secondary N) is 2. The molecule has 1 amide bonds. The fourth-order valence-electron chi connectivity index (χ4n) is 5.35. The summed E-state index contributed by atoms with van der Waals surface area (Å²) < 4.78 is 0. The van der Waals surface area contributed by atoms with E-state index in [2.05, 4.69) is 55.0 Å². The summed E-state index contributed by atoms with van der Waals surface area (Å²) in [7, 11) is 0. The molecule has 1 saturated carbocycles. The van der Waals surface area contributed by atoms with E-state index in [-0.39, 0.29) is 5.91 Å². The van der Waals surface area contributed by atoms with Crippen molar-refractivity contribution in [3.63, 3.8) is 0 Å². The average molecular weight is 416 g/mol. The number of hydrogen-bond acceptors (Lipinski definition) is 6. The number of fused-ring (bicyclic) bond motifs is 2. The third-order valence-electron chi connectivity index (χ3n) is 7.04. The van der Waals surface area contributed by atoms with Crippen LogP contribution in [0.2, 0.25) is 0 Å². The Bertz CT molecular complexity index is 1040. The highest BCUT2D eigenvalue weighted by Crippen LogP contribution is 2.57. The number of rotatable bonds is 6. The van der Waals surface area contributed by atoms with Gasteiger partial charge in [-0.05, 0) is 47.8 Å². The maximum absolute atomic E-state index is 12.6. The van der Waals surface area contributed by atoms with Crippen molar-refractivity contribution in [2.24, 2.45) is 11.8 Å². The van der Waals surface area contributed by atoms with Crippen LogP contribution in [0.4, 0.5) is 5.95 Å². The fraction of sp³-hybridized carbons (Fsp3) is 0.435. The molecule has 2 N–H and O–H groups in total. The van der Waals surface area contributed by atoms with E-state index in [9.17, 15) is 4.79 Å². The van der Waals surface area contributed by atoms with Crippen LogP contribution >= 0.6 is 0 Å². The van der Waals surface area contributed by atoms with Gasteiger partial charge in [-0.3, -0.25) is 4.79 Å². The largest absolute Gasteiger partial charge is 0.351 e. The molecule has 0 spiro atoms. The fourth-order valence-corrected chi connectivity index (χ4v) is 5.35. The number of carbonyl (C=O) groups excluding carboxylic acids is 1. The van der Waals surface area contributed by atoms with Gasteiger partial charge in [0.15, 0.2) is 0 Å². The quantitative estimate of drug-likeness (QED) is 0.639. The Kier molecular flexibility index (Phi) is 4.44. The lowest BCUT2D eigenvalue weighted by Crippen LogP contribution is -2.31. The number of likely N-dealkylation sites (tertiary alicyclic amines) is 1. The molecule has 1 saturated heterocycles. The van der Waals surface area contributed by atoms with Crippen molar-refractivity contribution in [2.75, 3.05) is 18.4 Å². The third kappa shape index (κ3) is 3.56. The monoisotopic (exact) mass is 415 g/mol. The lowest BCUT2D eigenvalue weighted by Gasteiger charge is -2.19. The van der Waals surface area contributed by atoms with Gasteiger partial charge in [0, 0.05) is 43.9 Å². The zero-order valence-electron chi connectivity index (χ0n) is 17.2. The summed E-state index contributed by atoms with van der Waals surface area (Å²) in [6.45, 7) is 1.67. The number of carbonyl (C=O) groups is 1. The maximum atomic E-state index is 12.6. The van der Waals surface area contributed by atoms with E-state index in [4.69, 9.17) is 0 Å². The minimum Gasteiger partial charge on any atom is -0.351 e. The van der Waals surface area contributed by atoms with Crippen molar-refractivity contribution in [3.05, 3.63) is 65.2 Å². The summed E-state index contributed by atoms with van der Waals surface area (Å²) in [5.74, 6) is 2.45. The van der Waals surface area contributed by atoms with Gasteiger partial charge >= 0.3 is 0 Å². The molecule has 1 aromatic carbocycles. The number of aromatic nitrogens is 5. The first-order chi connectivity index (χ1) is 15.2. The van der Waals surface area contributed by atoms with Crippen LogP contribution in [0.15, 0.2) is 42.9 Å². The van der Waals surface area contributed by atoms with Gasteiger partial charge in [-0.1, -0.05) is 24.3 Å². The molecule has 3 atom stereocenters. The van der Waals surface area contributed by atoms with Gasteiger partial charge in [-0.15, -0.1) is 0 Å². The number of benzene rings is 1. The van der Waals surface area contributed by atoms with Crippen LogP contribution in [0.1, 0.15) is 34.7 Å². The van der Waals surface area contributed by atoms with Crippen LogP contribution in [0.5, 0.6) is 0 Å². The number of H-pyrrole nitrogens is 1. The molecule has 6 rings (SSSR count). The Hall–Kier alpha value is -3.29. The Morgan fingerprint density at radius 1 is 1.06 bits per heavy atom. The van der Waals surface area contributed by atoms with E-state index < -0.39 is 0 Å². The number of amides is 1. The van der Waals surface area contributed by atoms with E-state index >= 15 is 0 Å². The molecule has 8 heteroatoms. The number of nitrogens with zero attached hydrogens (tertiary/aromatic N) is 5. The maximum Gasteiger partial charge on any atom is 0.222 e. The van der Waals surface area contributed by atoms with Crippen LogP contribution in [-0.4, -0.2) is 55.3 Å². The van der Waals surface area contributed by atoms with Gasteiger partial charge in [-0.25, -0.2) is 9.97 Å². The molecule has 0 bridgehead atoms. The Labute approximate surface area is 180 Å². The Morgan fingerprint density at radius 3 is 2.42 bits per heavy atom. The summed E-state index contributed by atoms with van der Waals surface area (Å²) in [5, 5.41) is 14.2. The normalized spacial score (nSPS) is 24.1. The van der Waals surface area contributed by atoms with Crippen LogP contribution < -0.4 is 5.32 Å². The van der Waals surface area contributed by atoms with Gasteiger partial charge in [0.1, 0.15) is 0 Å². The lowest BCUT2D eigenvalue weighted by molar-refractivity contribution is -0.130. The number of aryl methyl sites for hydroxylation is 1. The minimum atomic E-state index is 0.219. The number of hydrogen-bond donors (Lipinski definition) is 2. The molecule has 2 aliphatic carbocycles. The van der Waals surface area contributed by atoms with Gasteiger partial charge in [0.25, 0.3) is 0 Å². The second kappa shape index (κ2) is 7.44.